The number of benzene rings is 3. The van der Waals surface area contributed by atoms with E-state index in [2.05, 4.69) is 15.8 Å². The molecule has 0 atom stereocenters. The molecule has 3 rings (SSSR count). The summed E-state index contributed by atoms with van der Waals surface area (Å²) in [7, 11) is 0. The molecule has 3 aromatic carbocycles. The number of hydrogen-bond acceptors (Lipinski definition) is 5. The van der Waals surface area contributed by atoms with Gasteiger partial charge in [-0.3, -0.25) is 20.3 Å². The SMILES string of the molecule is O=C(Nc1ccccc1)c1ccc(N/N=C\c2ccccc2)c([N+](=O)[O-])c1. The minimum absolute atomic E-state index is 0.183. The van der Waals surface area contributed by atoms with E-state index in [1.165, 1.54) is 18.2 Å². The van der Waals surface area contributed by atoms with Crippen LogP contribution in [0.15, 0.2) is 84.0 Å². The molecule has 0 fully saturated rings. The summed E-state index contributed by atoms with van der Waals surface area (Å²) in [5.74, 6) is -0.427. The molecule has 0 saturated heterocycles. The second-order valence-corrected chi connectivity index (χ2v) is 5.59. The maximum absolute atomic E-state index is 12.3. The number of nitro benzene ring substituents is 1. The van der Waals surface area contributed by atoms with E-state index < -0.39 is 10.8 Å². The number of amides is 1. The Morgan fingerprint density at radius 3 is 2.30 bits per heavy atom. The first-order valence-electron chi connectivity index (χ1n) is 8.12. The second kappa shape index (κ2) is 8.39. The lowest BCUT2D eigenvalue weighted by molar-refractivity contribution is -0.384. The molecule has 0 saturated carbocycles. The van der Waals surface area contributed by atoms with Gasteiger partial charge in [0.15, 0.2) is 0 Å². The molecule has 7 nitrogen and oxygen atoms in total. The highest BCUT2D eigenvalue weighted by molar-refractivity contribution is 6.05. The van der Waals surface area contributed by atoms with Crippen LogP contribution in [0.5, 0.6) is 0 Å². The smallest absolute Gasteiger partial charge is 0.294 e. The molecule has 134 valence electrons. The van der Waals surface area contributed by atoms with Gasteiger partial charge in [-0.15, -0.1) is 0 Å². The number of carbonyl (C=O) groups is 1. The summed E-state index contributed by atoms with van der Waals surface area (Å²) in [6.07, 6.45) is 1.56. The Hall–Kier alpha value is -4.00. The molecule has 3 aromatic rings. The molecular formula is C20H16N4O3. The number of rotatable bonds is 6. The van der Waals surface area contributed by atoms with E-state index in [9.17, 15) is 14.9 Å². The monoisotopic (exact) mass is 360 g/mol. The number of anilines is 2. The maximum atomic E-state index is 12.3. The van der Waals surface area contributed by atoms with Crippen LogP contribution in [0, 0.1) is 10.1 Å². The van der Waals surface area contributed by atoms with E-state index >= 15 is 0 Å². The van der Waals surface area contributed by atoms with Gasteiger partial charge in [0, 0.05) is 17.3 Å². The molecule has 0 spiro atoms. The molecule has 0 aromatic heterocycles. The lowest BCUT2D eigenvalue weighted by Gasteiger charge is -2.07. The Morgan fingerprint density at radius 1 is 0.963 bits per heavy atom. The zero-order valence-corrected chi connectivity index (χ0v) is 14.2. The van der Waals surface area contributed by atoms with Crippen LogP contribution in [-0.4, -0.2) is 17.0 Å². The van der Waals surface area contributed by atoms with Crippen LogP contribution in [0.2, 0.25) is 0 Å². The summed E-state index contributed by atoms with van der Waals surface area (Å²) in [6, 6.07) is 22.4. The Bertz CT molecular complexity index is 973. The summed E-state index contributed by atoms with van der Waals surface area (Å²) < 4.78 is 0. The van der Waals surface area contributed by atoms with E-state index in [0.29, 0.717) is 5.69 Å². The van der Waals surface area contributed by atoms with Gasteiger partial charge in [0.05, 0.1) is 11.1 Å². The van der Waals surface area contributed by atoms with Crippen LogP contribution >= 0.6 is 0 Å². The molecule has 0 aliphatic carbocycles. The first-order chi connectivity index (χ1) is 13.1. The molecule has 7 heteroatoms. The number of para-hydroxylation sites is 1. The fourth-order valence-electron chi connectivity index (χ4n) is 2.36. The average Bonchev–Trinajstić information content (AvgIpc) is 2.69. The van der Waals surface area contributed by atoms with Gasteiger partial charge in [-0.2, -0.15) is 5.10 Å². The van der Waals surface area contributed by atoms with E-state index in [1.807, 2.05) is 36.4 Å². The van der Waals surface area contributed by atoms with Gasteiger partial charge < -0.3 is 5.32 Å². The van der Waals surface area contributed by atoms with Crippen molar-refractivity contribution in [3.8, 4) is 0 Å². The molecule has 0 heterocycles. The first-order valence-corrected chi connectivity index (χ1v) is 8.12. The summed E-state index contributed by atoms with van der Waals surface area (Å²) in [5, 5.41) is 18.1. The van der Waals surface area contributed by atoms with Gasteiger partial charge in [0.1, 0.15) is 5.69 Å². The Morgan fingerprint density at radius 2 is 1.63 bits per heavy atom. The number of hydrogen-bond donors (Lipinski definition) is 2. The molecule has 1 amide bonds. The third-order valence-electron chi connectivity index (χ3n) is 3.69. The average molecular weight is 360 g/mol. The molecule has 27 heavy (non-hydrogen) atoms. The van der Waals surface area contributed by atoms with Crippen molar-refractivity contribution in [2.75, 3.05) is 10.7 Å². The predicted octanol–water partition coefficient (Wildman–Crippen LogP) is 4.29. The normalized spacial score (nSPS) is 10.5. The summed E-state index contributed by atoms with van der Waals surface area (Å²) in [5.41, 5.74) is 4.27. The van der Waals surface area contributed by atoms with Gasteiger partial charge in [-0.25, -0.2) is 0 Å². The number of nitrogens with zero attached hydrogens (tertiary/aromatic N) is 2. The highest BCUT2D eigenvalue weighted by Gasteiger charge is 2.17. The highest BCUT2D eigenvalue weighted by Crippen LogP contribution is 2.26. The van der Waals surface area contributed by atoms with E-state index in [0.717, 1.165) is 5.56 Å². The van der Waals surface area contributed by atoms with Gasteiger partial charge >= 0.3 is 0 Å². The fourth-order valence-corrected chi connectivity index (χ4v) is 2.36. The third kappa shape index (κ3) is 4.76. The molecule has 0 radical (unpaired) electrons. The number of hydrazone groups is 1. The Kier molecular flexibility index (Phi) is 5.54. The first kappa shape index (κ1) is 17.8. The molecular weight excluding hydrogens is 344 g/mol. The quantitative estimate of drug-likeness (QED) is 0.389. The second-order valence-electron chi connectivity index (χ2n) is 5.59. The van der Waals surface area contributed by atoms with Crippen molar-refractivity contribution >= 4 is 29.2 Å². The largest absolute Gasteiger partial charge is 0.322 e. The number of nitrogens with one attached hydrogen (secondary N) is 2. The minimum atomic E-state index is -0.556. The van der Waals surface area contributed by atoms with E-state index in [4.69, 9.17) is 0 Å². The van der Waals surface area contributed by atoms with Gasteiger partial charge in [-0.05, 0) is 29.8 Å². The number of nitro groups is 1. The molecule has 0 aliphatic heterocycles. The summed E-state index contributed by atoms with van der Waals surface area (Å²) in [6.45, 7) is 0. The van der Waals surface area contributed by atoms with Gasteiger partial charge in [0.25, 0.3) is 11.6 Å². The van der Waals surface area contributed by atoms with Gasteiger partial charge in [0.2, 0.25) is 0 Å². The number of carbonyl (C=O) groups excluding carboxylic acids is 1. The fraction of sp³-hybridized carbons (Fsp3) is 0. The van der Waals surface area contributed by atoms with Crippen molar-refractivity contribution in [3.05, 3.63) is 100 Å². The molecule has 0 bridgehead atoms. The van der Waals surface area contributed by atoms with Crippen LogP contribution in [0.4, 0.5) is 17.1 Å². The molecule has 0 aliphatic rings. The highest BCUT2D eigenvalue weighted by atomic mass is 16.6. The summed E-state index contributed by atoms with van der Waals surface area (Å²) in [4.78, 5) is 23.1. The van der Waals surface area contributed by atoms with Crippen molar-refractivity contribution in [3.63, 3.8) is 0 Å². The van der Waals surface area contributed by atoms with E-state index in [1.54, 1.807) is 30.5 Å². The van der Waals surface area contributed by atoms with Crippen molar-refractivity contribution in [2.45, 2.75) is 0 Å². The predicted molar refractivity (Wildman–Crippen MR) is 105 cm³/mol. The lowest BCUT2D eigenvalue weighted by Crippen LogP contribution is -2.12. The van der Waals surface area contributed by atoms with Crippen molar-refractivity contribution < 1.29 is 9.72 Å². The molecule has 0 unspecified atom stereocenters. The maximum Gasteiger partial charge on any atom is 0.294 e. The zero-order valence-electron chi connectivity index (χ0n) is 14.2. The van der Waals surface area contributed by atoms with E-state index in [-0.39, 0.29) is 16.9 Å². The van der Waals surface area contributed by atoms with Crippen LogP contribution < -0.4 is 10.7 Å². The lowest BCUT2D eigenvalue weighted by atomic mass is 10.1. The van der Waals surface area contributed by atoms with Crippen molar-refractivity contribution in [1.29, 1.82) is 0 Å². The van der Waals surface area contributed by atoms with Crippen molar-refractivity contribution in [2.24, 2.45) is 5.10 Å². The molecule has 2 N–H and O–H groups in total. The Labute approximate surface area is 155 Å². The zero-order chi connectivity index (χ0) is 19.1. The van der Waals surface area contributed by atoms with Crippen LogP contribution in [0.3, 0.4) is 0 Å². The topological polar surface area (TPSA) is 96.6 Å². The van der Waals surface area contributed by atoms with Crippen molar-refractivity contribution in [1.82, 2.24) is 0 Å². The standard InChI is InChI=1S/C20H16N4O3/c25-20(22-17-9-5-2-6-10-17)16-11-12-18(19(13-16)24(26)27)23-21-14-15-7-3-1-4-8-15/h1-14,23H,(H,22,25)/b21-14-. The van der Waals surface area contributed by atoms with Gasteiger partial charge in [-0.1, -0.05) is 48.5 Å². The van der Waals surface area contributed by atoms with Crippen LogP contribution in [-0.2, 0) is 0 Å². The van der Waals surface area contributed by atoms with Crippen LogP contribution in [0.25, 0.3) is 0 Å². The third-order valence-corrected chi connectivity index (χ3v) is 3.69. The summed E-state index contributed by atoms with van der Waals surface area (Å²) >= 11 is 0. The van der Waals surface area contributed by atoms with Crippen LogP contribution in [0.1, 0.15) is 15.9 Å². The minimum Gasteiger partial charge on any atom is -0.322 e. The Balaban J connectivity index is 1.77.